The van der Waals surface area contributed by atoms with Crippen molar-refractivity contribution >= 4 is 43.0 Å². The van der Waals surface area contributed by atoms with E-state index < -0.39 is 0 Å². The van der Waals surface area contributed by atoms with E-state index in [2.05, 4.69) is 83.1 Å². The van der Waals surface area contributed by atoms with Gasteiger partial charge in [0.1, 0.15) is 5.82 Å². The average molecular weight is 352 g/mol. The molecule has 3 aromatic carbocycles. The molecule has 26 heavy (non-hydrogen) atoms. The molecule has 0 saturated heterocycles. The molecule has 5 aromatic rings. The third-order valence-corrected chi connectivity index (χ3v) is 5.67. The lowest BCUT2D eigenvalue weighted by atomic mass is 10.1. The maximum absolute atomic E-state index is 4.52. The summed E-state index contributed by atoms with van der Waals surface area (Å²) in [5.74, 6) is 0.856. The maximum atomic E-state index is 4.52. The molecule has 2 nitrogen and oxygen atoms in total. The van der Waals surface area contributed by atoms with Gasteiger partial charge in [-0.05, 0) is 41.5 Å². The molecule has 5 rings (SSSR count). The van der Waals surface area contributed by atoms with Gasteiger partial charge in [-0.1, -0.05) is 54.6 Å². The molecule has 1 N–H and O–H groups in total. The highest BCUT2D eigenvalue weighted by Crippen LogP contribution is 2.39. The quantitative estimate of drug-likeness (QED) is 0.383. The third-order valence-electron chi connectivity index (χ3n) is 4.53. The monoisotopic (exact) mass is 352 g/mol. The summed E-state index contributed by atoms with van der Waals surface area (Å²) in [6, 6.07) is 29.5. The largest absolute Gasteiger partial charge is 0.340 e. The highest BCUT2D eigenvalue weighted by molar-refractivity contribution is 7.25. The molecule has 0 radical (unpaired) electrons. The molecule has 0 saturated carbocycles. The standard InChI is InChI=1S/C23H16N2S/c1-2-7-16(8-3-1)17-13-14-24-22(15-17)25-19-10-6-12-21-23(19)18-9-4-5-11-20(18)26-21/h1-15H,(H,24,25). The maximum Gasteiger partial charge on any atom is 0.130 e. The van der Waals surface area contributed by atoms with Crippen LogP contribution in [0.15, 0.2) is 91.1 Å². The van der Waals surface area contributed by atoms with E-state index in [1.54, 1.807) is 0 Å². The first-order valence-corrected chi connectivity index (χ1v) is 9.39. The van der Waals surface area contributed by atoms with E-state index in [0.29, 0.717) is 0 Å². The van der Waals surface area contributed by atoms with Crippen molar-refractivity contribution in [2.45, 2.75) is 0 Å². The zero-order valence-electron chi connectivity index (χ0n) is 14.0. The highest BCUT2D eigenvalue weighted by atomic mass is 32.1. The van der Waals surface area contributed by atoms with Crippen molar-refractivity contribution in [2.75, 3.05) is 5.32 Å². The zero-order valence-corrected chi connectivity index (χ0v) is 14.8. The summed E-state index contributed by atoms with van der Waals surface area (Å²) in [4.78, 5) is 4.52. The molecule has 0 spiro atoms. The van der Waals surface area contributed by atoms with E-state index >= 15 is 0 Å². The normalized spacial score (nSPS) is 11.1. The number of rotatable bonds is 3. The van der Waals surface area contributed by atoms with Crippen LogP contribution in [0, 0.1) is 0 Å². The smallest absolute Gasteiger partial charge is 0.130 e. The molecule has 2 heterocycles. The number of thiophene rings is 1. The minimum Gasteiger partial charge on any atom is -0.340 e. The number of fused-ring (bicyclic) bond motifs is 3. The van der Waals surface area contributed by atoms with Crippen molar-refractivity contribution in [1.29, 1.82) is 0 Å². The van der Waals surface area contributed by atoms with Crippen LogP contribution in [0.25, 0.3) is 31.3 Å². The summed E-state index contributed by atoms with van der Waals surface area (Å²) in [6.07, 6.45) is 1.86. The van der Waals surface area contributed by atoms with Gasteiger partial charge >= 0.3 is 0 Å². The van der Waals surface area contributed by atoms with Crippen LogP contribution in [0.4, 0.5) is 11.5 Å². The Morgan fingerprint density at radius 2 is 1.50 bits per heavy atom. The molecular weight excluding hydrogens is 336 g/mol. The summed E-state index contributed by atoms with van der Waals surface area (Å²) < 4.78 is 2.60. The lowest BCUT2D eigenvalue weighted by molar-refractivity contribution is 1.31. The van der Waals surface area contributed by atoms with Gasteiger partial charge in [-0.15, -0.1) is 11.3 Å². The Hall–Kier alpha value is -3.17. The summed E-state index contributed by atoms with van der Waals surface area (Å²) in [5, 5.41) is 6.08. The first-order chi connectivity index (χ1) is 12.9. The lowest BCUT2D eigenvalue weighted by Gasteiger charge is -2.09. The molecule has 0 aliphatic heterocycles. The van der Waals surface area contributed by atoms with Crippen LogP contribution in [0.1, 0.15) is 0 Å². The number of hydrogen-bond donors (Lipinski definition) is 1. The Kier molecular flexibility index (Phi) is 3.65. The van der Waals surface area contributed by atoms with Crippen LogP contribution in [0.5, 0.6) is 0 Å². The van der Waals surface area contributed by atoms with E-state index in [0.717, 1.165) is 17.1 Å². The summed E-state index contributed by atoms with van der Waals surface area (Å²) >= 11 is 1.83. The topological polar surface area (TPSA) is 24.9 Å². The number of anilines is 2. The number of pyridine rings is 1. The molecule has 0 fully saturated rings. The number of aromatic nitrogens is 1. The molecule has 2 aromatic heterocycles. The van der Waals surface area contributed by atoms with E-state index in [4.69, 9.17) is 0 Å². The average Bonchev–Trinajstić information content (AvgIpc) is 3.08. The number of nitrogens with zero attached hydrogens (tertiary/aromatic N) is 1. The van der Waals surface area contributed by atoms with E-state index in [1.807, 2.05) is 29.7 Å². The highest BCUT2D eigenvalue weighted by Gasteiger charge is 2.09. The second-order valence-electron chi connectivity index (χ2n) is 6.20. The molecule has 124 valence electrons. The van der Waals surface area contributed by atoms with E-state index in [-0.39, 0.29) is 0 Å². The van der Waals surface area contributed by atoms with Gasteiger partial charge in [0.05, 0.1) is 0 Å². The second-order valence-corrected chi connectivity index (χ2v) is 7.28. The zero-order chi connectivity index (χ0) is 17.3. The predicted octanol–water partition coefficient (Wildman–Crippen LogP) is 6.86. The molecule has 0 aliphatic carbocycles. The molecule has 0 amide bonds. The second kappa shape index (κ2) is 6.28. The van der Waals surface area contributed by atoms with E-state index in [1.165, 1.54) is 25.7 Å². The summed E-state index contributed by atoms with van der Waals surface area (Å²) in [5.41, 5.74) is 3.44. The predicted molar refractivity (Wildman–Crippen MR) is 112 cm³/mol. The molecular formula is C23H16N2S. The van der Waals surface area contributed by atoms with Crippen molar-refractivity contribution in [3.05, 3.63) is 91.1 Å². The molecule has 0 aliphatic rings. The van der Waals surface area contributed by atoms with Crippen LogP contribution in [0.3, 0.4) is 0 Å². The van der Waals surface area contributed by atoms with Crippen LogP contribution in [-0.2, 0) is 0 Å². The fourth-order valence-electron chi connectivity index (χ4n) is 3.33. The first kappa shape index (κ1) is 15.1. The van der Waals surface area contributed by atoms with Gasteiger partial charge in [0.25, 0.3) is 0 Å². The number of benzene rings is 3. The Bertz CT molecular complexity index is 1210. The molecule has 3 heteroatoms. The Labute approximate surface area is 155 Å². The van der Waals surface area contributed by atoms with Crippen molar-refractivity contribution in [1.82, 2.24) is 4.98 Å². The van der Waals surface area contributed by atoms with Crippen LogP contribution in [-0.4, -0.2) is 4.98 Å². The number of nitrogens with one attached hydrogen (secondary N) is 1. The van der Waals surface area contributed by atoms with E-state index in [9.17, 15) is 0 Å². The third kappa shape index (κ3) is 2.63. The van der Waals surface area contributed by atoms with Gasteiger partial charge in [0, 0.05) is 32.1 Å². The first-order valence-electron chi connectivity index (χ1n) is 8.57. The summed E-state index contributed by atoms with van der Waals surface area (Å²) in [7, 11) is 0. The molecule has 0 bridgehead atoms. The fourth-order valence-corrected chi connectivity index (χ4v) is 4.46. The van der Waals surface area contributed by atoms with Crippen molar-refractivity contribution in [2.24, 2.45) is 0 Å². The number of hydrogen-bond acceptors (Lipinski definition) is 3. The fraction of sp³-hybridized carbons (Fsp3) is 0. The Morgan fingerprint density at radius 1 is 0.692 bits per heavy atom. The molecule has 0 unspecified atom stereocenters. The lowest BCUT2D eigenvalue weighted by Crippen LogP contribution is -1.94. The van der Waals surface area contributed by atoms with Gasteiger partial charge in [-0.25, -0.2) is 4.98 Å². The van der Waals surface area contributed by atoms with Gasteiger partial charge in [-0.3, -0.25) is 0 Å². The van der Waals surface area contributed by atoms with Gasteiger partial charge in [0.15, 0.2) is 0 Å². The Morgan fingerprint density at radius 3 is 2.42 bits per heavy atom. The van der Waals surface area contributed by atoms with Gasteiger partial charge in [0.2, 0.25) is 0 Å². The van der Waals surface area contributed by atoms with Crippen LogP contribution < -0.4 is 5.32 Å². The van der Waals surface area contributed by atoms with Crippen molar-refractivity contribution < 1.29 is 0 Å². The van der Waals surface area contributed by atoms with Gasteiger partial charge < -0.3 is 5.32 Å². The minimum atomic E-state index is 0.856. The summed E-state index contributed by atoms with van der Waals surface area (Å²) in [6.45, 7) is 0. The van der Waals surface area contributed by atoms with Crippen LogP contribution >= 0.6 is 11.3 Å². The van der Waals surface area contributed by atoms with Crippen LogP contribution in [0.2, 0.25) is 0 Å². The molecule has 0 atom stereocenters. The minimum absolute atomic E-state index is 0.856. The SMILES string of the molecule is c1ccc(-c2ccnc(Nc3cccc4sc5ccccc5c34)c2)cc1. The van der Waals surface area contributed by atoms with Crippen molar-refractivity contribution in [3.63, 3.8) is 0 Å². The van der Waals surface area contributed by atoms with Crippen molar-refractivity contribution in [3.8, 4) is 11.1 Å². The Balaban J connectivity index is 1.60. The van der Waals surface area contributed by atoms with Gasteiger partial charge in [-0.2, -0.15) is 0 Å².